The maximum atomic E-state index is 6.52. The molecule has 44 heavy (non-hydrogen) atoms. The van der Waals surface area contributed by atoms with Crippen LogP contribution < -0.4 is 14.5 Å². The molecule has 0 aliphatic carbocycles. The first kappa shape index (κ1) is 28.6. The quantitative estimate of drug-likeness (QED) is 0.169. The topological polar surface area (TPSA) is 46.4 Å². The van der Waals surface area contributed by atoms with Gasteiger partial charge in [-0.1, -0.05) is 56.2 Å². The summed E-state index contributed by atoms with van der Waals surface area (Å²) in [5.74, 6) is 3.20. The molecule has 0 amide bonds. The predicted octanol–water partition coefficient (Wildman–Crippen LogP) is 8.54. The zero-order valence-corrected chi connectivity index (χ0v) is 27.9. The summed E-state index contributed by atoms with van der Waals surface area (Å²) in [5.41, 5.74) is 8.65. The second-order valence-corrected chi connectivity index (χ2v) is 12.6. The van der Waals surface area contributed by atoms with E-state index in [-0.39, 0.29) is 26.5 Å². The summed E-state index contributed by atoms with van der Waals surface area (Å²) >= 11 is 0. The van der Waals surface area contributed by atoms with Crippen molar-refractivity contribution in [3.8, 4) is 17.3 Å². The number of fused-ring (bicyclic) bond motifs is 6. The monoisotopic (exact) mass is 758 g/mol. The molecule has 0 saturated carbocycles. The minimum Gasteiger partial charge on any atom is -0.509 e. The number of nitrogens with zero attached hydrogens (tertiary/aromatic N) is 5. The molecule has 0 fully saturated rings. The van der Waals surface area contributed by atoms with Crippen LogP contribution in [-0.2, 0) is 26.5 Å². The average molecular weight is 759 g/mol. The Morgan fingerprint density at radius 2 is 1.68 bits per heavy atom. The van der Waals surface area contributed by atoms with Crippen LogP contribution in [0.4, 0.5) is 17.2 Å². The van der Waals surface area contributed by atoms with Gasteiger partial charge < -0.3 is 19.1 Å². The number of benzene rings is 3. The third-order valence-corrected chi connectivity index (χ3v) is 8.98. The van der Waals surface area contributed by atoms with Gasteiger partial charge in [0.1, 0.15) is 5.82 Å². The van der Waals surface area contributed by atoms with Gasteiger partial charge in [-0.2, -0.15) is 11.6 Å². The predicted molar refractivity (Wildman–Crippen MR) is 173 cm³/mol. The van der Waals surface area contributed by atoms with Crippen molar-refractivity contribution < 1.29 is 25.8 Å². The summed E-state index contributed by atoms with van der Waals surface area (Å²) in [5, 5.41) is 2.34. The Labute approximate surface area is 272 Å². The van der Waals surface area contributed by atoms with Gasteiger partial charge in [0.2, 0.25) is 0 Å². The molecule has 5 heterocycles. The Morgan fingerprint density at radius 1 is 0.864 bits per heavy atom. The van der Waals surface area contributed by atoms with Gasteiger partial charge in [-0.05, 0) is 49.9 Å². The van der Waals surface area contributed by atoms with Gasteiger partial charge in [0.25, 0.3) is 0 Å². The van der Waals surface area contributed by atoms with E-state index in [1.807, 2.05) is 31.3 Å². The normalized spacial score (nSPS) is 14.6. The molecule has 0 saturated heterocycles. The molecule has 0 radical (unpaired) electrons. The number of para-hydroxylation sites is 1. The number of hydrogen-bond acceptors (Lipinski definition) is 5. The Kier molecular flexibility index (Phi) is 6.63. The Balaban J connectivity index is 0.00000312. The van der Waals surface area contributed by atoms with Crippen molar-refractivity contribution in [3.63, 3.8) is 0 Å². The third kappa shape index (κ3) is 4.18. The van der Waals surface area contributed by atoms with Crippen molar-refractivity contribution in [1.29, 1.82) is 0 Å². The van der Waals surface area contributed by atoms with Crippen LogP contribution in [0.1, 0.15) is 50.1 Å². The van der Waals surface area contributed by atoms with Crippen molar-refractivity contribution in [2.24, 2.45) is 0 Å². The summed E-state index contributed by atoms with van der Waals surface area (Å²) in [7, 11) is 0. The van der Waals surface area contributed by atoms with E-state index < -0.39 is 0 Å². The zero-order valence-electron chi connectivity index (χ0n) is 25.7. The first-order valence-corrected chi connectivity index (χ1v) is 14.9. The molecule has 6 aromatic rings. The van der Waals surface area contributed by atoms with Crippen molar-refractivity contribution >= 4 is 39.0 Å². The molecule has 0 bridgehead atoms. The minimum absolute atomic E-state index is 0. The average Bonchev–Trinajstić information content (AvgIpc) is 3.52. The van der Waals surface area contributed by atoms with Crippen LogP contribution in [0.3, 0.4) is 0 Å². The molecule has 7 heteroatoms. The number of hydrogen-bond donors (Lipinski definition) is 0. The smallest absolute Gasteiger partial charge is 0.509 e. The summed E-state index contributed by atoms with van der Waals surface area (Å²) in [6, 6.07) is 30.9. The number of aryl methyl sites for hydroxylation is 2. The van der Waals surface area contributed by atoms with Crippen LogP contribution in [0.5, 0.6) is 11.5 Å². The van der Waals surface area contributed by atoms with Gasteiger partial charge in [-0.25, -0.2) is 9.97 Å². The van der Waals surface area contributed by atoms with Crippen molar-refractivity contribution in [2.45, 2.75) is 53.0 Å². The first-order chi connectivity index (χ1) is 20.7. The van der Waals surface area contributed by atoms with E-state index >= 15 is 0 Å². The van der Waals surface area contributed by atoms with Gasteiger partial charge in [0.05, 0.1) is 12.4 Å². The van der Waals surface area contributed by atoms with Gasteiger partial charge in [-0.3, -0.25) is 0 Å². The van der Waals surface area contributed by atoms with Crippen LogP contribution in [0.15, 0.2) is 72.9 Å². The molecular weight excluding hydrogens is 726 g/mol. The molecule has 0 N–H and O–H groups in total. The Morgan fingerprint density at radius 3 is 2.50 bits per heavy atom. The van der Waals surface area contributed by atoms with Crippen molar-refractivity contribution in [2.75, 3.05) is 16.5 Å². The van der Waals surface area contributed by atoms with E-state index in [2.05, 4.69) is 110 Å². The SMILES string of the molecule is Cc1cc(Oc2[c-]c3c(cc2)c2cccc4c2n3-c2ncccc2C4(C)C)[c-]c(N2CN(C(C)C)c3ccc(C)nc32)c1.[Pt+2]. The fourth-order valence-corrected chi connectivity index (χ4v) is 6.82. The third-order valence-electron chi connectivity index (χ3n) is 8.98. The van der Waals surface area contributed by atoms with E-state index in [9.17, 15) is 0 Å². The van der Waals surface area contributed by atoms with Crippen LogP contribution >= 0.6 is 0 Å². The molecule has 3 aromatic heterocycles. The number of pyridine rings is 2. The molecule has 6 nitrogen and oxygen atoms in total. The molecule has 8 rings (SSSR count). The van der Waals surface area contributed by atoms with Crippen LogP contribution in [0, 0.1) is 26.0 Å². The van der Waals surface area contributed by atoms with E-state index in [0.717, 1.165) is 45.2 Å². The van der Waals surface area contributed by atoms with E-state index in [1.165, 1.54) is 22.0 Å². The van der Waals surface area contributed by atoms with Crippen LogP contribution in [0.25, 0.3) is 27.6 Å². The van der Waals surface area contributed by atoms with Crippen LogP contribution in [-0.4, -0.2) is 27.2 Å². The molecule has 2 aliphatic rings. The molecule has 0 unspecified atom stereocenters. The van der Waals surface area contributed by atoms with Gasteiger partial charge >= 0.3 is 21.1 Å². The first-order valence-electron chi connectivity index (χ1n) is 14.9. The molecular formula is C37H33N5OPt. The standard InChI is InChI=1S/C37H33N5O.Pt/c1-22(2)40-21-41(36-32(40)15-12-24(4)39-36)25-17-23(3)18-27(19-25)43-26-13-14-28-29-9-7-10-30-34(29)42(33(28)20-26)35-31(37(30,5)6)11-8-16-38-35;/h7-18,22H,21H2,1-6H3;/q-2;+2. The maximum Gasteiger partial charge on any atom is 2.00 e. The second kappa shape index (κ2) is 10.2. The van der Waals surface area contributed by atoms with Crippen molar-refractivity contribution in [3.05, 3.63) is 107 Å². The maximum absolute atomic E-state index is 6.52. The fourth-order valence-electron chi connectivity index (χ4n) is 6.82. The molecule has 222 valence electrons. The van der Waals surface area contributed by atoms with E-state index in [0.29, 0.717) is 24.2 Å². The molecule has 0 atom stereocenters. The molecule has 2 aliphatic heterocycles. The number of ether oxygens (including phenoxy) is 1. The van der Waals surface area contributed by atoms with E-state index in [4.69, 9.17) is 14.7 Å². The minimum atomic E-state index is -0.160. The number of rotatable bonds is 4. The summed E-state index contributed by atoms with van der Waals surface area (Å²) in [6.07, 6.45) is 1.87. The second-order valence-electron chi connectivity index (χ2n) is 12.6. The summed E-state index contributed by atoms with van der Waals surface area (Å²) in [4.78, 5) is 14.4. The number of anilines is 3. The van der Waals surface area contributed by atoms with Gasteiger partial charge in [0, 0.05) is 45.9 Å². The molecule has 3 aromatic carbocycles. The Hall–Kier alpha value is -4.15. The van der Waals surface area contributed by atoms with Crippen molar-refractivity contribution in [1.82, 2.24) is 14.5 Å². The number of aromatic nitrogens is 3. The largest absolute Gasteiger partial charge is 2.00 e. The van der Waals surface area contributed by atoms with Gasteiger partial charge in [-0.15, -0.1) is 35.7 Å². The van der Waals surface area contributed by atoms with Gasteiger partial charge in [0.15, 0.2) is 5.82 Å². The van der Waals surface area contributed by atoms with E-state index in [1.54, 1.807) is 0 Å². The van der Waals surface area contributed by atoms with Crippen LogP contribution in [0.2, 0.25) is 0 Å². The Bertz CT molecular complexity index is 2100. The summed E-state index contributed by atoms with van der Waals surface area (Å²) in [6.45, 7) is 13.8. The molecule has 0 spiro atoms. The summed E-state index contributed by atoms with van der Waals surface area (Å²) < 4.78 is 8.78. The fraction of sp³-hybridized carbons (Fsp3) is 0.243. The zero-order chi connectivity index (χ0) is 29.6.